The predicted octanol–water partition coefficient (Wildman–Crippen LogP) is 3.87. The van der Waals surface area contributed by atoms with Crippen LogP contribution >= 0.6 is 0 Å². The number of nitrogens with zero attached hydrogens (tertiary/aromatic N) is 1. The van der Waals surface area contributed by atoms with Crippen molar-refractivity contribution < 1.29 is 13.9 Å². The number of pyridine rings is 1. The van der Waals surface area contributed by atoms with Gasteiger partial charge in [0.2, 0.25) is 0 Å². The van der Waals surface area contributed by atoms with E-state index in [1.165, 1.54) is 6.07 Å². The normalized spacial score (nSPS) is 10.4. The Morgan fingerprint density at radius 3 is 2.58 bits per heavy atom. The van der Waals surface area contributed by atoms with Gasteiger partial charge in [0.15, 0.2) is 0 Å². The van der Waals surface area contributed by atoms with Crippen molar-refractivity contribution in [2.24, 2.45) is 0 Å². The molecule has 26 heavy (non-hydrogen) atoms. The molecule has 3 rings (SSSR count). The molecule has 0 aliphatic carbocycles. The fraction of sp³-hybridized carbons (Fsp3) is 0.143. The second-order valence-electron chi connectivity index (χ2n) is 5.73. The van der Waals surface area contributed by atoms with Crippen molar-refractivity contribution in [1.82, 2.24) is 10.3 Å². The number of aromatic nitrogens is 1. The lowest BCUT2D eigenvalue weighted by Gasteiger charge is -2.09. The van der Waals surface area contributed by atoms with E-state index in [0.717, 1.165) is 16.9 Å². The Morgan fingerprint density at radius 2 is 1.85 bits per heavy atom. The molecule has 0 aliphatic heterocycles. The fourth-order valence-electron chi connectivity index (χ4n) is 2.67. The Bertz CT molecular complexity index is 895. The van der Waals surface area contributed by atoms with Gasteiger partial charge >= 0.3 is 0 Å². The number of nitrogens with one attached hydrogen (secondary N) is 1. The van der Waals surface area contributed by atoms with Gasteiger partial charge < -0.3 is 10.1 Å². The number of carbonyl (C=O) groups excluding carboxylic acids is 1. The van der Waals surface area contributed by atoms with E-state index in [0.29, 0.717) is 24.2 Å². The predicted molar refractivity (Wildman–Crippen MR) is 98.7 cm³/mol. The number of hydrogen-bond donors (Lipinski definition) is 1. The van der Waals surface area contributed by atoms with Gasteiger partial charge in [-0.15, -0.1) is 0 Å². The average molecular weight is 350 g/mol. The standard InChI is InChI=1S/C21H19FN2O2/c1-26-20-9-5-3-7-17(20)16-10-11-19(24-14-16)21(25)23-13-12-15-6-2-4-8-18(15)22/h2-11,14H,12-13H2,1H3,(H,23,25). The zero-order valence-electron chi connectivity index (χ0n) is 14.4. The van der Waals surface area contributed by atoms with Crippen LogP contribution in [0.15, 0.2) is 66.9 Å². The first kappa shape index (κ1) is 17.6. The molecular formula is C21H19FN2O2. The molecule has 1 aromatic heterocycles. The smallest absolute Gasteiger partial charge is 0.269 e. The van der Waals surface area contributed by atoms with Crippen LogP contribution in [0, 0.1) is 5.82 Å². The molecule has 2 aromatic carbocycles. The van der Waals surface area contributed by atoms with Crippen molar-refractivity contribution in [2.45, 2.75) is 6.42 Å². The second-order valence-corrected chi connectivity index (χ2v) is 5.73. The van der Waals surface area contributed by atoms with Crippen LogP contribution in [0.3, 0.4) is 0 Å². The molecular weight excluding hydrogens is 331 g/mol. The lowest BCUT2D eigenvalue weighted by atomic mass is 10.1. The summed E-state index contributed by atoms with van der Waals surface area (Å²) in [6.07, 6.45) is 2.07. The van der Waals surface area contributed by atoms with Gasteiger partial charge in [-0.2, -0.15) is 0 Å². The molecule has 4 nitrogen and oxygen atoms in total. The summed E-state index contributed by atoms with van der Waals surface area (Å²) in [7, 11) is 1.61. The van der Waals surface area contributed by atoms with E-state index < -0.39 is 0 Å². The van der Waals surface area contributed by atoms with Crippen molar-refractivity contribution in [1.29, 1.82) is 0 Å². The Morgan fingerprint density at radius 1 is 1.08 bits per heavy atom. The maximum Gasteiger partial charge on any atom is 0.269 e. The summed E-state index contributed by atoms with van der Waals surface area (Å²) in [4.78, 5) is 16.4. The SMILES string of the molecule is COc1ccccc1-c1ccc(C(=O)NCCc2ccccc2F)nc1. The Balaban J connectivity index is 1.63. The maximum atomic E-state index is 13.6. The van der Waals surface area contributed by atoms with Crippen LogP contribution in [0.1, 0.15) is 16.1 Å². The molecule has 0 spiro atoms. The molecule has 0 atom stereocenters. The highest BCUT2D eigenvalue weighted by molar-refractivity contribution is 5.92. The first-order chi connectivity index (χ1) is 12.7. The monoisotopic (exact) mass is 350 g/mol. The van der Waals surface area contributed by atoms with E-state index in [2.05, 4.69) is 10.3 Å². The lowest BCUT2D eigenvalue weighted by Crippen LogP contribution is -2.26. The van der Waals surface area contributed by atoms with Crippen molar-refractivity contribution in [3.8, 4) is 16.9 Å². The molecule has 1 N–H and O–H groups in total. The molecule has 0 unspecified atom stereocenters. The maximum absolute atomic E-state index is 13.6. The summed E-state index contributed by atoms with van der Waals surface area (Å²) >= 11 is 0. The Kier molecular flexibility index (Phi) is 5.59. The van der Waals surface area contributed by atoms with Gasteiger partial charge in [0.05, 0.1) is 7.11 Å². The van der Waals surface area contributed by atoms with Gasteiger partial charge in [0.1, 0.15) is 17.3 Å². The van der Waals surface area contributed by atoms with E-state index in [1.54, 1.807) is 37.6 Å². The van der Waals surface area contributed by atoms with E-state index in [-0.39, 0.29) is 11.7 Å². The summed E-state index contributed by atoms with van der Waals surface area (Å²) in [6, 6.07) is 17.7. The molecule has 5 heteroatoms. The van der Waals surface area contributed by atoms with Crippen molar-refractivity contribution in [2.75, 3.05) is 13.7 Å². The number of ether oxygens (including phenoxy) is 1. The van der Waals surface area contributed by atoms with Crippen LogP contribution in [0.2, 0.25) is 0 Å². The van der Waals surface area contributed by atoms with Gasteiger partial charge in [-0.05, 0) is 30.2 Å². The summed E-state index contributed by atoms with van der Waals surface area (Å²) in [5.41, 5.74) is 2.67. The topological polar surface area (TPSA) is 51.2 Å². The minimum Gasteiger partial charge on any atom is -0.496 e. The van der Waals surface area contributed by atoms with E-state index >= 15 is 0 Å². The van der Waals surface area contributed by atoms with Crippen molar-refractivity contribution in [3.63, 3.8) is 0 Å². The third-order valence-electron chi connectivity index (χ3n) is 4.05. The number of para-hydroxylation sites is 1. The van der Waals surface area contributed by atoms with Crippen LogP contribution in [0.4, 0.5) is 4.39 Å². The van der Waals surface area contributed by atoms with Crippen molar-refractivity contribution >= 4 is 5.91 Å². The number of amides is 1. The number of hydrogen-bond acceptors (Lipinski definition) is 3. The summed E-state index contributed by atoms with van der Waals surface area (Å²) in [5, 5.41) is 2.76. The van der Waals surface area contributed by atoms with E-state index in [9.17, 15) is 9.18 Å². The van der Waals surface area contributed by atoms with Crippen molar-refractivity contribution in [3.05, 3.63) is 83.9 Å². The van der Waals surface area contributed by atoms with Gasteiger partial charge in [-0.3, -0.25) is 9.78 Å². The van der Waals surface area contributed by atoms with Gasteiger partial charge in [0, 0.05) is 23.9 Å². The second kappa shape index (κ2) is 8.25. The van der Waals surface area contributed by atoms with E-state index in [1.807, 2.05) is 30.3 Å². The molecule has 0 saturated carbocycles. The molecule has 0 saturated heterocycles. The minimum absolute atomic E-state index is 0.263. The average Bonchev–Trinajstić information content (AvgIpc) is 2.69. The minimum atomic E-state index is -0.284. The van der Waals surface area contributed by atoms with Crippen LogP contribution in [-0.2, 0) is 6.42 Å². The number of carbonyl (C=O) groups is 1. The first-order valence-electron chi connectivity index (χ1n) is 8.30. The largest absolute Gasteiger partial charge is 0.496 e. The van der Waals surface area contributed by atoms with Crippen LogP contribution in [0.5, 0.6) is 5.75 Å². The molecule has 0 bridgehead atoms. The quantitative estimate of drug-likeness (QED) is 0.734. The summed E-state index contributed by atoms with van der Waals surface area (Å²) in [6.45, 7) is 0.343. The highest BCUT2D eigenvalue weighted by atomic mass is 19.1. The van der Waals surface area contributed by atoms with Gasteiger partial charge in [-0.1, -0.05) is 42.5 Å². The van der Waals surface area contributed by atoms with E-state index in [4.69, 9.17) is 4.74 Å². The zero-order chi connectivity index (χ0) is 18.4. The number of halogens is 1. The first-order valence-corrected chi connectivity index (χ1v) is 8.30. The van der Waals surface area contributed by atoms with Crippen LogP contribution < -0.4 is 10.1 Å². The Labute approximate surface area is 151 Å². The number of rotatable bonds is 6. The zero-order valence-corrected chi connectivity index (χ0v) is 14.4. The molecule has 132 valence electrons. The van der Waals surface area contributed by atoms with Gasteiger partial charge in [0.25, 0.3) is 5.91 Å². The number of benzene rings is 2. The van der Waals surface area contributed by atoms with Crippen LogP contribution in [-0.4, -0.2) is 24.5 Å². The third kappa shape index (κ3) is 4.06. The molecule has 3 aromatic rings. The number of methoxy groups -OCH3 is 1. The molecule has 0 aliphatic rings. The summed E-state index contributed by atoms with van der Waals surface area (Å²) in [5.74, 6) is 0.199. The highest BCUT2D eigenvalue weighted by Crippen LogP contribution is 2.28. The Hall–Kier alpha value is -3.21. The lowest BCUT2D eigenvalue weighted by molar-refractivity contribution is 0.0949. The third-order valence-corrected chi connectivity index (χ3v) is 4.05. The van der Waals surface area contributed by atoms with Gasteiger partial charge in [-0.25, -0.2) is 4.39 Å². The highest BCUT2D eigenvalue weighted by Gasteiger charge is 2.10. The molecule has 0 fully saturated rings. The molecule has 1 amide bonds. The van der Waals surface area contributed by atoms with Crippen LogP contribution in [0.25, 0.3) is 11.1 Å². The summed E-state index contributed by atoms with van der Waals surface area (Å²) < 4.78 is 18.9. The fourth-order valence-corrected chi connectivity index (χ4v) is 2.67. The molecule has 0 radical (unpaired) electrons. The molecule has 1 heterocycles.